The molecule has 0 atom stereocenters. The van der Waals surface area contributed by atoms with E-state index in [2.05, 4.69) is 0 Å². The van der Waals surface area contributed by atoms with Crippen LogP contribution in [-0.4, -0.2) is 22.1 Å². The van der Waals surface area contributed by atoms with Crippen molar-refractivity contribution in [2.24, 2.45) is 0 Å². The minimum absolute atomic E-state index is 0.483. The number of rotatable bonds is 4. The average Bonchev–Trinajstić information content (AvgIpc) is 3.39. The zero-order valence-electron chi connectivity index (χ0n) is 15.0. The highest BCUT2D eigenvalue weighted by atomic mass is 19.2. The monoisotopic (exact) mass is 374 g/mol. The summed E-state index contributed by atoms with van der Waals surface area (Å²) in [5, 5.41) is 0. The van der Waals surface area contributed by atoms with E-state index in [1.54, 1.807) is 24.3 Å². The average molecular weight is 374 g/mol. The third-order valence-corrected chi connectivity index (χ3v) is 5.13. The first-order chi connectivity index (χ1) is 13.6. The Kier molecular flexibility index (Phi) is 3.79. The minimum Gasteiger partial charge on any atom is -0.489 e. The number of nitrogens with zero attached hydrogens (tertiary/aromatic N) is 2. The number of hydrogen-bond donors (Lipinski definition) is 0. The Hall–Kier alpha value is -3.41. The van der Waals surface area contributed by atoms with E-state index in [0.29, 0.717) is 18.0 Å². The lowest BCUT2D eigenvalue weighted by molar-refractivity contribution is -0.356. The molecule has 0 spiro atoms. The second-order valence-electron chi connectivity index (χ2n) is 6.86. The number of benzene rings is 2. The molecule has 5 rings (SSSR count). The van der Waals surface area contributed by atoms with E-state index in [1.807, 2.05) is 54.6 Å². The maximum atomic E-state index is 14.8. The normalized spacial score (nSPS) is 16.6. The predicted octanol–water partition coefficient (Wildman–Crippen LogP) is 4.72. The Balaban J connectivity index is 1.48. The van der Waals surface area contributed by atoms with Gasteiger partial charge in [0.05, 0.1) is 5.57 Å². The Morgan fingerprint density at radius 1 is 0.929 bits per heavy atom. The molecule has 3 heterocycles. The number of halogens is 2. The third-order valence-electron chi connectivity index (χ3n) is 5.13. The number of fused-ring (bicyclic) bond motifs is 2. The van der Waals surface area contributed by atoms with E-state index in [1.165, 1.54) is 12.4 Å². The fourth-order valence-electron chi connectivity index (χ4n) is 3.77. The van der Waals surface area contributed by atoms with Crippen LogP contribution in [0.25, 0.3) is 5.57 Å². The lowest BCUT2D eigenvalue weighted by Crippen LogP contribution is -2.49. The van der Waals surface area contributed by atoms with Gasteiger partial charge in [-0.1, -0.05) is 42.5 Å². The molecule has 0 fully saturated rings. The summed E-state index contributed by atoms with van der Waals surface area (Å²) in [5.41, 5.74) is 3.80. The largest absolute Gasteiger partial charge is 0.737 e. The number of ether oxygens (including phenoxy) is 1. The second kappa shape index (κ2) is 6.34. The van der Waals surface area contributed by atoms with Gasteiger partial charge >= 0.3 is 6.97 Å². The number of hydrogen-bond acceptors (Lipinski definition) is 1. The molecule has 0 saturated heterocycles. The molecule has 0 amide bonds. The molecule has 3 nitrogen and oxygen atoms in total. The minimum atomic E-state index is -3.87. The summed E-state index contributed by atoms with van der Waals surface area (Å²) in [6, 6.07) is 20.9. The van der Waals surface area contributed by atoms with Crippen molar-refractivity contribution in [3.63, 3.8) is 0 Å². The Morgan fingerprint density at radius 3 is 2.50 bits per heavy atom. The molecular weight excluding hydrogens is 357 g/mol. The highest BCUT2D eigenvalue weighted by Gasteiger charge is 2.51. The Bertz CT molecular complexity index is 1130. The van der Waals surface area contributed by atoms with Gasteiger partial charge in [0, 0.05) is 17.8 Å². The predicted molar refractivity (Wildman–Crippen MR) is 107 cm³/mol. The Labute approximate surface area is 161 Å². The summed E-state index contributed by atoms with van der Waals surface area (Å²) in [6.07, 6.45) is 6.28. The van der Waals surface area contributed by atoms with E-state index in [-0.39, 0.29) is 0 Å². The van der Waals surface area contributed by atoms with Crippen LogP contribution in [0.2, 0.25) is 0 Å². The van der Waals surface area contributed by atoms with Crippen LogP contribution >= 0.6 is 0 Å². The first-order valence-corrected chi connectivity index (χ1v) is 9.16. The van der Waals surface area contributed by atoms with Crippen LogP contribution in [0.1, 0.15) is 16.8 Å². The van der Waals surface area contributed by atoms with Crippen LogP contribution in [0.15, 0.2) is 90.8 Å². The van der Waals surface area contributed by atoms with Gasteiger partial charge < -0.3 is 22.3 Å². The van der Waals surface area contributed by atoms with Gasteiger partial charge in [0.25, 0.3) is 0 Å². The first-order valence-electron chi connectivity index (χ1n) is 9.16. The van der Waals surface area contributed by atoms with Gasteiger partial charge in [-0.2, -0.15) is 0 Å². The van der Waals surface area contributed by atoms with Crippen molar-refractivity contribution in [2.75, 3.05) is 0 Å². The molecule has 0 saturated carbocycles. The van der Waals surface area contributed by atoms with Gasteiger partial charge in [0.2, 0.25) is 0 Å². The highest BCUT2D eigenvalue weighted by Crippen LogP contribution is 2.38. The van der Waals surface area contributed by atoms with Crippen LogP contribution in [0, 0.1) is 0 Å². The Morgan fingerprint density at radius 2 is 1.71 bits per heavy atom. The lowest BCUT2D eigenvalue weighted by atomic mass is 9.86. The van der Waals surface area contributed by atoms with Crippen LogP contribution in [-0.2, 0) is 6.61 Å². The molecule has 0 N–H and O–H groups in total. The van der Waals surface area contributed by atoms with Crippen molar-refractivity contribution in [3.05, 3.63) is 108 Å². The van der Waals surface area contributed by atoms with Crippen molar-refractivity contribution in [3.8, 4) is 5.75 Å². The standard InChI is InChI=1S/C22H17BF2N2O/c24-23(25)26-14-4-8-20(26)22(21-9-5-15-27(21)23)18-10-12-19(13-11-18)28-16-17-6-2-1-3-7-17/h1-15H,16H2. The van der Waals surface area contributed by atoms with Crippen molar-refractivity contribution in [1.82, 2.24) is 4.48 Å². The molecule has 0 bridgehead atoms. The molecular formula is C22H17BF2N2O. The molecule has 138 valence electrons. The first kappa shape index (κ1) is 16.7. The van der Waals surface area contributed by atoms with Gasteiger partial charge in [-0.3, -0.25) is 0 Å². The van der Waals surface area contributed by atoms with Gasteiger partial charge in [0.1, 0.15) is 18.6 Å². The van der Waals surface area contributed by atoms with Crippen LogP contribution in [0.3, 0.4) is 0 Å². The van der Waals surface area contributed by atoms with Gasteiger partial charge in [-0.25, -0.2) is 0 Å². The molecule has 2 aromatic carbocycles. The van der Waals surface area contributed by atoms with Crippen LogP contribution in [0.4, 0.5) is 8.63 Å². The van der Waals surface area contributed by atoms with E-state index in [9.17, 15) is 8.63 Å². The van der Waals surface area contributed by atoms with Crippen molar-refractivity contribution in [2.45, 2.75) is 6.61 Å². The van der Waals surface area contributed by atoms with Crippen molar-refractivity contribution >= 4 is 18.8 Å². The van der Waals surface area contributed by atoms with Crippen LogP contribution in [0.5, 0.6) is 5.75 Å². The summed E-state index contributed by atoms with van der Waals surface area (Å²) >= 11 is 0. The zero-order chi connectivity index (χ0) is 19.1. The molecule has 0 aliphatic carbocycles. The van der Waals surface area contributed by atoms with Gasteiger partial charge in [0.15, 0.2) is 5.70 Å². The quantitative estimate of drug-likeness (QED) is 0.605. The van der Waals surface area contributed by atoms with Gasteiger partial charge in [-0.15, -0.1) is 0 Å². The SMILES string of the molecule is F[B-]1(F)n2cccc2C(c2ccc(OCc3ccccc3)cc2)=C2C=CC=[N+]21. The number of allylic oxidation sites excluding steroid dienone is 2. The van der Waals surface area contributed by atoms with E-state index in [0.717, 1.165) is 31.4 Å². The van der Waals surface area contributed by atoms with Crippen LogP contribution < -0.4 is 4.74 Å². The second-order valence-corrected chi connectivity index (χ2v) is 6.86. The maximum absolute atomic E-state index is 14.8. The molecule has 28 heavy (non-hydrogen) atoms. The van der Waals surface area contributed by atoms with E-state index < -0.39 is 6.97 Å². The smallest absolute Gasteiger partial charge is 0.489 e. The zero-order valence-corrected chi connectivity index (χ0v) is 15.0. The lowest BCUT2D eigenvalue weighted by Gasteiger charge is -2.30. The third kappa shape index (κ3) is 2.61. The summed E-state index contributed by atoms with van der Waals surface area (Å²) < 4.78 is 37.6. The number of aromatic nitrogens is 1. The fourth-order valence-corrected chi connectivity index (χ4v) is 3.77. The summed E-state index contributed by atoms with van der Waals surface area (Å²) in [6.45, 7) is -3.38. The van der Waals surface area contributed by atoms with Crippen molar-refractivity contribution < 1.29 is 17.9 Å². The van der Waals surface area contributed by atoms with E-state index in [4.69, 9.17) is 4.74 Å². The van der Waals surface area contributed by atoms with Crippen molar-refractivity contribution in [1.29, 1.82) is 0 Å². The molecule has 6 heteroatoms. The molecule has 3 aromatic rings. The summed E-state index contributed by atoms with van der Waals surface area (Å²) in [5.74, 6) is 0.740. The van der Waals surface area contributed by atoms with E-state index >= 15 is 0 Å². The topological polar surface area (TPSA) is 17.2 Å². The van der Waals surface area contributed by atoms with Gasteiger partial charge in [-0.05, 0) is 41.6 Å². The molecule has 0 radical (unpaired) electrons. The maximum Gasteiger partial charge on any atom is 0.737 e. The summed E-state index contributed by atoms with van der Waals surface area (Å²) in [4.78, 5) is 0. The molecule has 1 aromatic heterocycles. The molecule has 2 aliphatic rings. The highest BCUT2D eigenvalue weighted by molar-refractivity contribution is 6.57. The molecule has 2 aliphatic heterocycles. The summed E-state index contributed by atoms with van der Waals surface area (Å²) in [7, 11) is 0. The fraction of sp³-hybridized carbons (Fsp3) is 0.0455. The molecule has 0 unspecified atom stereocenters.